The summed E-state index contributed by atoms with van der Waals surface area (Å²) < 4.78 is 11.5. The van der Waals surface area contributed by atoms with Crippen LogP contribution in [0.2, 0.25) is 0 Å². The minimum Gasteiger partial charge on any atom is -0.489 e. The molecular formula is C30H31N3O6. The first kappa shape index (κ1) is 26.2. The van der Waals surface area contributed by atoms with Crippen LogP contribution < -0.4 is 10.1 Å². The van der Waals surface area contributed by atoms with E-state index in [0.29, 0.717) is 36.4 Å². The van der Waals surface area contributed by atoms with Crippen molar-refractivity contribution in [2.45, 2.75) is 51.4 Å². The van der Waals surface area contributed by atoms with Gasteiger partial charge in [-0.05, 0) is 42.0 Å². The van der Waals surface area contributed by atoms with Crippen molar-refractivity contribution < 1.29 is 24.0 Å². The molecule has 39 heavy (non-hydrogen) atoms. The fourth-order valence-corrected chi connectivity index (χ4v) is 5.69. The van der Waals surface area contributed by atoms with Gasteiger partial charge in [0.25, 0.3) is 5.69 Å². The molecule has 0 radical (unpaired) electrons. The number of fused-ring (bicyclic) bond motifs is 2. The van der Waals surface area contributed by atoms with Crippen molar-refractivity contribution in [3.63, 3.8) is 0 Å². The van der Waals surface area contributed by atoms with Gasteiger partial charge in [-0.15, -0.1) is 0 Å². The second-order valence-corrected chi connectivity index (χ2v) is 10.4. The molecule has 2 aliphatic heterocycles. The Morgan fingerprint density at radius 2 is 1.85 bits per heavy atom. The van der Waals surface area contributed by atoms with Crippen molar-refractivity contribution >= 4 is 23.4 Å². The van der Waals surface area contributed by atoms with Gasteiger partial charge in [0.1, 0.15) is 19.0 Å². The smallest absolute Gasteiger partial charge is 0.410 e. The molecular weight excluding hydrogens is 498 g/mol. The lowest BCUT2D eigenvalue weighted by Gasteiger charge is -2.34. The van der Waals surface area contributed by atoms with E-state index in [2.05, 4.69) is 19.2 Å². The monoisotopic (exact) mass is 529 g/mol. The Kier molecular flexibility index (Phi) is 7.24. The minimum absolute atomic E-state index is 0.00681. The third-order valence-electron chi connectivity index (χ3n) is 7.53. The van der Waals surface area contributed by atoms with Crippen molar-refractivity contribution in [3.05, 3.63) is 99.6 Å². The molecule has 3 aromatic rings. The predicted octanol–water partition coefficient (Wildman–Crippen LogP) is 5.82. The highest BCUT2D eigenvalue weighted by molar-refractivity contribution is 6.07. The molecule has 0 saturated carbocycles. The van der Waals surface area contributed by atoms with Crippen molar-refractivity contribution in [1.29, 1.82) is 0 Å². The average Bonchev–Trinajstić information content (AvgIpc) is 3.43. The highest BCUT2D eigenvalue weighted by Gasteiger charge is 2.59. The average molecular weight is 530 g/mol. The molecule has 0 aromatic heterocycles. The number of carbonyl (C=O) groups is 2. The van der Waals surface area contributed by atoms with Gasteiger partial charge in [0, 0.05) is 24.4 Å². The van der Waals surface area contributed by atoms with Crippen molar-refractivity contribution in [3.8, 4) is 5.75 Å². The third kappa shape index (κ3) is 5.04. The van der Waals surface area contributed by atoms with E-state index < -0.39 is 16.4 Å². The number of para-hydroxylation sites is 1. The highest BCUT2D eigenvalue weighted by Crippen LogP contribution is 2.50. The van der Waals surface area contributed by atoms with Crippen LogP contribution in [0.25, 0.3) is 0 Å². The first-order chi connectivity index (χ1) is 18.8. The van der Waals surface area contributed by atoms with Gasteiger partial charge < -0.3 is 19.7 Å². The van der Waals surface area contributed by atoms with Crippen LogP contribution in [0.5, 0.6) is 5.75 Å². The molecule has 5 rings (SSSR count). The lowest BCUT2D eigenvalue weighted by Crippen LogP contribution is -2.49. The van der Waals surface area contributed by atoms with E-state index in [-0.39, 0.29) is 36.8 Å². The van der Waals surface area contributed by atoms with Crippen LogP contribution >= 0.6 is 0 Å². The number of nitro benzene ring substituents is 1. The van der Waals surface area contributed by atoms with Crippen molar-refractivity contribution in [2.24, 2.45) is 5.92 Å². The summed E-state index contributed by atoms with van der Waals surface area (Å²) in [5.74, 6) is 0.592. The fourth-order valence-electron chi connectivity index (χ4n) is 5.69. The summed E-state index contributed by atoms with van der Waals surface area (Å²) in [6.07, 6.45) is 0.704. The summed E-state index contributed by atoms with van der Waals surface area (Å²) >= 11 is 0. The van der Waals surface area contributed by atoms with Gasteiger partial charge in [0.05, 0.1) is 21.9 Å². The molecule has 0 aliphatic carbocycles. The second kappa shape index (κ2) is 10.8. The zero-order chi connectivity index (χ0) is 27.6. The molecule has 0 bridgehead atoms. The highest BCUT2D eigenvalue weighted by atomic mass is 16.6. The van der Waals surface area contributed by atoms with Gasteiger partial charge in [-0.25, -0.2) is 4.79 Å². The Morgan fingerprint density at radius 3 is 2.59 bits per heavy atom. The van der Waals surface area contributed by atoms with E-state index in [1.54, 1.807) is 35.2 Å². The minimum atomic E-state index is -0.887. The molecule has 9 nitrogen and oxygen atoms in total. The van der Waals surface area contributed by atoms with Crippen LogP contribution in [0.3, 0.4) is 0 Å². The van der Waals surface area contributed by atoms with Crippen LogP contribution in [0, 0.1) is 16.0 Å². The molecule has 2 aliphatic rings. The summed E-state index contributed by atoms with van der Waals surface area (Å²) in [6, 6.07) is 21.0. The number of carbonyl (C=O) groups excluding carboxylic acids is 2. The summed E-state index contributed by atoms with van der Waals surface area (Å²) in [5.41, 5.74) is 1.93. The van der Waals surface area contributed by atoms with Gasteiger partial charge in [-0.1, -0.05) is 62.4 Å². The number of anilines is 1. The molecule has 1 fully saturated rings. The molecule has 2 heterocycles. The summed E-state index contributed by atoms with van der Waals surface area (Å²) in [7, 11) is 0. The molecule has 0 unspecified atom stereocenters. The van der Waals surface area contributed by atoms with Crippen LogP contribution in [0.15, 0.2) is 72.8 Å². The number of nitro groups is 1. The maximum Gasteiger partial charge on any atom is 0.410 e. The molecule has 9 heteroatoms. The molecule has 1 N–H and O–H groups in total. The quantitative estimate of drug-likeness (QED) is 0.291. The molecule has 202 valence electrons. The largest absolute Gasteiger partial charge is 0.489 e. The van der Waals surface area contributed by atoms with Crippen LogP contribution in [0.1, 0.15) is 43.4 Å². The van der Waals surface area contributed by atoms with Gasteiger partial charge in [0.15, 0.2) is 0 Å². The number of likely N-dealkylation sites (tertiary alicyclic amines) is 1. The zero-order valence-corrected chi connectivity index (χ0v) is 22.0. The summed E-state index contributed by atoms with van der Waals surface area (Å²) in [5, 5.41) is 14.3. The van der Waals surface area contributed by atoms with Crippen LogP contribution in [-0.2, 0) is 28.2 Å². The number of rotatable bonds is 8. The van der Waals surface area contributed by atoms with E-state index in [1.165, 1.54) is 6.07 Å². The Bertz CT molecular complexity index is 1390. The molecule has 2 amide bonds. The molecule has 1 saturated heterocycles. The molecule has 3 aromatic carbocycles. The van der Waals surface area contributed by atoms with Crippen molar-refractivity contribution in [1.82, 2.24) is 4.90 Å². The van der Waals surface area contributed by atoms with E-state index in [4.69, 9.17) is 9.47 Å². The maximum atomic E-state index is 13.6. The maximum absolute atomic E-state index is 13.6. The van der Waals surface area contributed by atoms with Crippen LogP contribution in [0.4, 0.5) is 16.2 Å². The number of amides is 2. The van der Waals surface area contributed by atoms with E-state index in [0.717, 1.165) is 11.1 Å². The molecule has 2 atom stereocenters. The lowest BCUT2D eigenvalue weighted by molar-refractivity contribution is -0.385. The Balaban J connectivity index is 1.37. The summed E-state index contributed by atoms with van der Waals surface area (Å²) in [4.78, 5) is 39.4. The number of nitrogens with zero attached hydrogens (tertiary/aromatic N) is 2. The number of hydrogen-bond donors (Lipinski definition) is 1. The molecule has 1 spiro atoms. The summed E-state index contributed by atoms with van der Waals surface area (Å²) in [6.45, 7) is 4.75. The fraction of sp³-hybridized carbons (Fsp3) is 0.333. The second-order valence-electron chi connectivity index (χ2n) is 10.4. The Morgan fingerprint density at radius 1 is 1.10 bits per heavy atom. The predicted molar refractivity (Wildman–Crippen MR) is 145 cm³/mol. The third-order valence-corrected chi connectivity index (χ3v) is 7.53. The van der Waals surface area contributed by atoms with E-state index >= 15 is 0 Å². The van der Waals surface area contributed by atoms with E-state index in [9.17, 15) is 19.7 Å². The number of benzene rings is 3. The first-order valence-electron chi connectivity index (χ1n) is 13.1. The van der Waals surface area contributed by atoms with Crippen molar-refractivity contribution in [2.75, 3.05) is 11.9 Å². The van der Waals surface area contributed by atoms with Gasteiger partial charge in [0.2, 0.25) is 5.91 Å². The van der Waals surface area contributed by atoms with Crippen LogP contribution in [-0.4, -0.2) is 34.4 Å². The van der Waals surface area contributed by atoms with E-state index in [1.807, 2.05) is 36.4 Å². The Hall–Kier alpha value is -4.40. The topological polar surface area (TPSA) is 111 Å². The number of nitrogens with one attached hydrogen (secondary N) is 1. The first-order valence-corrected chi connectivity index (χ1v) is 13.1. The van der Waals surface area contributed by atoms with Gasteiger partial charge >= 0.3 is 6.09 Å². The number of hydrogen-bond acceptors (Lipinski definition) is 6. The SMILES string of the molecule is CC(C)C[C@@H]1N(C(=O)OCc2ccccc2)CC[C@@]12C(=O)Nc1cc(OCc3ccccc3[N+](=O)[O-])ccc12. The van der Waals surface area contributed by atoms with Gasteiger partial charge in [-0.2, -0.15) is 0 Å². The Labute approximate surface area is 226 Å². The normalized spacial score (nSPS) is 19.7. The lowest BCUT2D eigenvalue weighted by atomic mass is 9.72. The zero-order valence-electron chi connectivity index (χ0n) is 22.0. The van der Waals surface area contributed by atoms with Gasteiger partial charge in [-0.3, -0.25) is 14.9 Å². The number of ether oxygens (including phenoxy) is 2. The standard InChI is InChI=1S/C30H31N3O6/c1-20(2)16-27-30(14-15-32(27)29(35)39-18-21-8-4-3-5-9-21)24-13-12-23(17-25(24)31-28(30)34)38-19-22-10-6-7-11-26(22)33(36)37/h3-13,17,20,27H,14-16,18-19H2,1-2H3,(H,31,34)/t27-,30-/m0/s1.